The van der Waals surface area contributed by atoms with Gasteiger partial charge >= 0.3 is 0 Å². The summed E-state index contributed by atoms with van der Waals surface area (Å²) in [6.45, 7) is 1.99. The first-order chi connectivity index (χ1) is 10.6. The summed E-state index contributed by atoms with van der Waals surface area (Å²) in [5.74, 6) is 0.335. The summed E-state index contributed by atoms with van der Waals surface area (Å²) >= 11 is 0. The van der Waals surface area contributed by atoms with Crippen LogP contribution in [0.3, 0.4) is 0 Å². The molecule has 0 spiro atoms. The zero-order valence-corrected chi connectivity index (χ0v) is 12.1. The van der Waals surface area contributed by atoms with Crippen LogP contribution in [0.4, 0.5) is 5.82 Å². The van der Waals surface area contributed by atoms with Crippen molar-refractivity contribution in [2.75, 3.05) is 5.32 Å². The van der Waals surface area contributed by atoms with E-state index in [1.807, 2.05) is 37.3 Å². The Hall–Kier alpha value is -2.95. The average Bonchev–Trinajstić information content (AvgIpc) is 2.50. The van der Waals surface area contributed by atoms with Crippen LogP contribution >= 0.6 is 0 Å². The van der Waals surface area contributed by atoms with Crippen LogP contribution in [-0.4, -0.2) is 15.5 Å². The lowest BCUT2D eigenvalue weighted by Crippen LogP contribution is -2.20. The Morgan fingerprint density at radius 2 is 1.95 bits per heavy atom. The van der Waals surface area contributed by atoms with E-state index in [4.69, 9.17) is 0 Å². The lowest BCUT2D eigenvalue weighted by Gasteiger charge is -2.10. The number of carbonyl (C=O) groups excluding carboxylic acids is 1. The van der Waals surface area contributed by atoms with Crippen molar-refractivity contribution in [1.29, 1.82) is 0 Å². The number of para-hydroxylation sites is 1. The number of nitrogens with one attached hydrogen (secondary N) is 1. The molecule has 0 aliphatic carbocycles. The molecule has 3 aromatic rings. The molecule has 5 heteroatoms. The number of benzene rings is 1. The predicted octanol–water partition coefficient (Wildman–Crippen LogP) is 2.34. The van der Waals surface area contributed by atoms with Crippen molar-refractivity contribution in [2.24, 2.45) is 0 Å². The molecule has 2 aromatic heterocycles. The number of rotatable bonds is 3. The Morgan fingerprint density at radius 1 is 1.14 bits per heavy atom. The van der Waals surface area contributed by atoms with Gasteiger partial charge in [-0.2, -0.15) is 0 Å². The fourth-order valence-corrected chi connectivity index (χ4v) is 2.35. The van der Waals surface area contributed by atoms with Gasteiger partial charge in [0.05, 0.1) is 5.52 Å². The van der Waals surface area contributed by atoms with Gasteiger partial charge in [-0.3, -0.25) is 9.59 Å². The van der Waals surface area contributed by atoms with Crippen molar-refractivity contribution in [1.82, 2.24) is 9.55 Å². The average molecular weight is 293 g/mol. The van der Waals surface area contributed by atoms with Crippen LogP contribution in [0.5, 0.6) is 0 Å². The topological polar surface area (TPSA) is 64.0 Å². The molecule has 0 bridgehead atoms. The van der Waals surface area contributed by atoms with Gasteiger partial charge in [-0.1, -0.05) is 18.2 Å². The van der Waals surface area contributed by atoms with E-state index in [0.717, 1.165) is 11.2 Å². The molecule has 1 amide bonds. The first-order valence-corrected chi connectivity index (χ1v) is 6.95. The lowest BCUT2D eigenvalue weighted by molar-refractivity contribution is -0.116. The predicted molar refractivity (Wildman–Crippen MR) is 85.8 cm³/mol. The Labute approximate surface area is 127 Å². The van der Waals surface area contributed by atoms with Crippen LogP contribution in [0.1, 0.15) is 5.69 Å². The van der Waals surface area contributed by atoms with E-state index in [1.54, 1.807) is 22.9 Å². The minimum absolute atomic E-state index is 0.0485. The summed E-state index contributed by atoms with van der Waals surface area (Å²) in [6.07, 6.45) is 1.63. The molecule has 1 N–H and O–H groups in total. The van der Waals surface area contributed by atoms with Gasteiger partial charge in [0.15, 0.2) is 5.43 Å². The van der Waals surface area contributed by atoms with Crippen LogP contribution in [0.25, 0.3) is 10.9 Å². The van der Waals surface area contributed by atoms with E-state index in [0.29, 0.717) is 11.2 Å². The number of carbonyl (C=O) groups is 1. The standard InChI is InChI=1S/C17H15N3O2/c1-12-5-4-8-16(18-12)19-17(22)11-20-10-9-15(21)13-6-2-3-7-14(13)20/h2-10H,11H2,1H3,(H,18,19,22). The van der Waals surface area contributed by atoms with Gasteiger partial charge in [0, 0.05) is 23.3 Å². The molecule has 0 aliphatic rings. The third kappa shape index (κ3) is 2.88. The van der Waals surface area contributed by atoms with Crippen molar-refractivity contribution in [3.63, 3.8) is 0 Å². The maximum atomic E-state index is 12.2. The number of hydrogen-bond donors (Lipinski definition) is 1. The number of amides is 1. The van der Waals surface area contributed by atoms with Crippen LogP contribution < -0.4 is 10.7 Å². The molecule has 5 nitrogen and oxygen atoms in total. The number of nitrogens with zero attached hydrogens (tertiary/aromatic N) is 2. The maximum absolute atomic E-state index is 12.2. The first-order valence-electron chi connectivity index (χ1n) is 6.95. The smallest absolute Gasteiger partial charge is 0.245 e. The van der Waals surface area contributed by atoms with Crippen molar-refractivity contribution >= 4 is 22.6 Å². The minimum atomic E-state index is -0.188. The van der Waals surface area contributed by atoms with E-state index in [1.165, 1.54) is 6.07 Å². The Kier molecular flexibility index (Phi) is 3.70. The molecule has 0 atom stereocenters. The summed E-state index contributed by atoms with van der Waals surface area (Å²) in [4.78, 5) is 28.2. The largest absolute Gasteiger partial charge is 0.338 e. The fraction of sp³-hybridized carbons (Fsp3) is 0.118. The number of aryl methyl sites for hydroxylation is 1. The first kappa shape index (κ1) is 14.0. The fourth-order valence-electron chi connectivity index (χ4n) is 2.35. The van der Waals surface area contributed by atoms with E-state index in [9.17, 15) is 9.59 Å². The van der Waals surface area contributed by atoms with Gasteiger partial charge in [-0.15, -0.1) is 0 Å². The summed E-state index contributed by atoms with van der Waals surface area (Å²) in [7, 11) is 0. The molecule has 110 valence electrons. The van der Waals surface area contributed by atoms with Crippen LogP contribution in [0.15, 0.2) is 59.5 Å². The number of pyridine rings is 2. The molecule has 22 heavy (non-hydrogen) atoms. The number of anilines is 1. The number of fused-ring (bicyclic) bond motifs is 1. The Bertz CT molecular complexity index is 900. The SMILES string of the molecule is Cc1cccc(NC(=O)Cn2ccc(=O)c3ccccc32)n1. The molecular formula is C17H15N3O2. The summed E-state index contributed by atoms with van der Waals surface area (Å²) in [5.41, 5.74) is 1.53. The highest BCUT2D eigenvalue weighted by Crippen LogP contribution is 2.10. The second-order valence-corrected chi connectivity index (χ2v) is 5.04. The molecular weight excluding hydrogens is 278 g/mol. The number of hydrogen-bond acceptors (Lipinski definition) is 3. The van der Waals surface area contributed by atoms with Gasteiger partial charge in [0.1, 0.15) is 12.4 Å². The van der Waals surface area contributed by atoms with E-state index >= 15 is 0 Å². The van der Waals surface area contributed by atoms with Gasteiger partial charge in [0.2, 0.25) is 5.91 Å². The van der Waals surface area contributed by atoms with Gasteiger partial charge in [0.25, 0.3) is 0 Å². The van der Waals surface area contributed by atoms with Crippen molar-refractivity contribution in [2.45, 2.75) is 13.5 Å². The summed E-state index contributed by atoms with van der Waals surface area (Å²) < 4.78 is 1.75. The van der Waals surface area contributed by atoms with E-state index < -0.39 is 0 Å². The van der Waals surface area contributed by atoms with Crippen LogP contribution in [0, 0.1) is 6.92 Å². The molecule has 0 radical (unpaired) electrons. The lowest BCUT2D eigenvalue weighted by atomic mass is 10.2. The van der Waals surface area contributed by atoms with Gasteiger partial charge < -0.3 is 9.88 Å². The van der Waals surface area contributed by atoms with Crippen molar-refractivity contribution < 1.29 is 4.79 Å². The highest BCUT2D eigenvalue weighted by molar-refractivity contribution is 5.90. The summed E-state index contributed by atoms with van der Waals surface area (Å²) in [5, 5.41) is 3.36. The number of aromatic nitrogens is 2. The molecule has 0 unspecified atom stereocenters. The molecule has 0 aliphatic heterocycles. The third-order valence-electron chi connectivity index (χ3n) is 3.35. The zero-order valence-electron chi connectivity index (χ0n) is 12.1. The van der Waals surface area contributed by atoms with E-state index in [2.05, 4.69) is 10.3 Å². The third-order valence-corrected chi connectivity index (χ3v) is 3.35. The molecule has 1 aromatic carbocycles. The molecule has 0 saturated heterocycles. The van der Waals surface area contributed by atoms with Crippen LogP contribution in [-0.2, 0) is 11.3 Å². The maximum Gasteiger partial charge on any atom is 0.245 e. The monoisotopic (exact) mass is 293 g/mol. The highest BCUT2D eigenvalue weighted by Gasteiger charge is 2.07. The van der Waals surface area contributed by atoms with Crippen molar-refractivity contribution in [3.05, 3.63) is 70.6 Å². The van der Waals surface area contributed by atoms with Crippen LogP contribution in [0.2, 0.25) is 0 Å². The Balaban J connectivity index is 1.86. The van der Waals surface area contributed by atoms with Gasteiger partial charge in [-0.25, -0.2) is 4.98 Å². The molecule has 2 heterocycles. The quantitative estimate of drug-likeness (QED) is 0.806. The summed E-state index contributed by atoms with van der Waals surface area (Å²) in [6, 6.07) is 14.2. The normalized spacial score (nSPS) is 10.6. The zero-order chi connectivity index (χ0) is 15.5. The van der Waals surface area contributed by atoms with E-state index in [-0.39, 0.29) is 17.9 Å². The highest BCUT2D eigenvalue weighted by atomic mass is 16.2. The van der Waals surface area contributed by atoms with Crippen molar-refractivity contribution in [3.8, 4) is 0 Å². The second kappa shape index (κ2) is 5.81. The Morgan fingerprint density at radius 3 is 2.77 bits per heavy atom. The minimum Gasteiger partial charge on any atom is -0.338 e. The molecule has 0 fully saturated rings. The second-order valence-electron chi connectivity index (χ2n) is 5.04. The van der Waals surface area contributed by atoms with Gasteiger partial charge in [-0.05, 0) is 31.2 Å². The molecule has 3 rings (SSSR count). The molecule has 0 saturated carbocycles.